The van der Waals surface area contributed by atoms with Crippen molar-refractivity contribution in [3.63, 3.8) is 0 Å². The van der Waals surface area contributed by atoms with Gasteiger partial charge in [0.05, 0.1) is 22.3 Å². The van der Waals surface area contributed by atoms with Gasteiger partial charge in [-0.05, 0) is 37.3 Å². The molecule has 3 nitrogen and oxygen atoms in total. The predicted molar refractivity (Wildman–Crippen MR) is 97.5 cm³/mol. The van der Waals surface area contributed by atoms with Crippen molar-refractivity contribution < 1.29 is 17.9 Å². The standard InChI is InChI=1S/C18H14ClF3N2OS/c1-17-9-13(10-5-4-7-12(19)15(10)25-17)23-16(26)24(17)14-8-3-2-6-11(14)18(20,21)22/h2-8,13H,9H2,1H3,(H,23,26)/t13-,17-/m1/s1. The fourth-order valence-electron chi connectivity index (χ4n) is 3.62. The molecule has 4 rings (SSSR count). The van der Waals surface area contributed by atoms with Gasteiger partial charge in [0.25, 0.3) is 0 Å². The summed E-state index contributed by atoms with van der Waals surface area (Å²) in [7, 11) is 0. The highest BCUT2D eigenvalue weighted by atomic mass is 35.5. The van der Waals surface area contributed by atoms with Crippen molar-refractivity contribution in [2.24, 2.45) is 0 Å². The van der Waals surface area contributed by atoms with Gasteiger partial charge in [-0.15, -0.1) is 0 Å². The number of anilines is 1. The minimum absolute atomic E-state index is 0.0473. The van der Waals surface area contributed by atoms with E-state index in [2.05, 4.69) is 5.32 Å². The molecule has 0 radical (unpaired) electrons. The lowest BCUT2D eigenvalue weighted by Gasteiger charge is -2.52. The van der Waals surface area contributed by atoms with E-state index in [4.69, 9.17) is 28.6 Å². The molecule has 1 N–H and O–H groups in total. The van der Waals surface area contributed by atoms with E-state index in [1.165, 1.54) is 17.0 Å². The van der Waals surface area contributed by atoms with Crippen LogP contribution in [-0.4, -0.2) is 10.8 Å². The minimum Gasteiger partial charge on any atom is -0.466 e. The van der Waals surface area contributed by atoms with Crippen LogP contribution in [0.3, 0.4) is 0 Å². The van der Waals surface area contributed by atoms with Gasteiger partial charge in [-0.25, -0.2) is 0 Å². The number of halogens is 4. The fourth-order valence-corrected chi connectivity index (χ4v) is 4.28. The molecule has 0 aromatic heterocycles. The zero-order valence-electron chi connectivity index (χ0n) is 13.6. The first-order valence-electron chi connectivity index (χ1n) is 7.95. The molecule has 1 saturated heterocycles. The Bertz CT molecular complexity index is 904. The minimum atomic E-state index is -4.51. The molecule has 1 fully saturated rings. The van der Waals surface area contributed by atoms with Crippen LogP contribution in [0.15, 0.2) is 42.5 Å². The Hall–Kier alpha value is -1.99. The highest BCUT2D eigenvalue weighted by Crippen LogP contribution is 2.49. The second-order valence-corrected chi connectivity index (χ2v) is 7.29. The molecular weight excluding hydrogens is 385 g/mol. The Morgan fingerprint density at radius 1 is 1.23 bits per heavy atom. The van der Waals surface area contributed by atoms with E-state index in [0.717, 1.165) is 11.6 Å². The van der Waals surface area contributed by atoms with E-state index < -0.39 is 17.5 Å². The molecule has 0 unspecified atom stereocenters. The number of ether oxygens (including phenoxy) is 1. The maximum atomic E-state index is 13.5. The van der Waals surface area contributed by atoms with Crippen LogP contribution in [0, 0.1) is 0 Å². The van der Waals surface area contributed by atoms with Gasteiger partial charge in [0, 0.05) is 12.0 Å². The predicted octanol–water partition coefficient (Wildman–Crippen LogP) is 5.29. The van der Waals surface area contributed by atoms with Gasteiger partial charge in [-0.2, -0.15) is 13.2 Å². The Morgan fingerprint density at radius 2 is 1.96 bits per heavy atom. The van der Waals surface area contributed by atoms with Crippen LogP contribution in [0.25, 0.3) is 0 Å². The first-order chi connectivity index (χ1) is 12.2. The lowest BCUT2D eigenvalue weighted by atomic mass is 9.90. The summed E-state index contributed by atoms with van der Waals surface area (Å²) in [6, 6.07) is 10.5. The molecule has 2 bridgehead atoms. The number of benzene rings is 2. The van der Waals surface area contributed by atoms with Crippen molar-refractivity contribution in [1.29, 1.82) is 0 Å². The van der Waals surface area contributed by atoms with Gasteiger partial charge in [0.15, 0.2) is 10.8 Å². The van der Waals surface area contributed by atoms with Gasteiger partial charge >= 0.3 is 6.18 Å². The van der Waals surface area contributed by atoms with Crippen LogP contribution in [0.2, 0.25) is 5.02 Å². The van der Waals surface area contributed by atoms with E-state index >= 15 is 0 Å². The molecule has 0 spiro atoms. The maximum Gasteiger partial charge on any atom is 0.418 e. The van der Waals surface area contributed by atoms with Gasteiger partial charge in [0.1, 0.15) is 5.75 Å². The largest absolute Gasteiger partial charge is 0.466 e. The Labute approximate surface area is 158 Å². The molecule has 0 saturated carbocycles. The Balaban J connectivity index is 1.86. The van der Waals surface area contributed by atoms with Gasteiger partial charge < -0.3 is 10.1 Å². The number of fused-ring (bicyclic) bond motifs is 4. The summed E-state index contributed by atoms with van der Waals surface area (Å²) in [6.45, 7) is 1.73. The molecule has 2 aliphatic heterocycles. The Kier molecular flexibility index (Phi) is 3.86. The van der Waals surface area contributed by atoms with E-state index in [1.54, 1.807) is 19.1 Å². The van der Waals surface area contributed by atoms with E-state index in [0.29, 0.717) is 17.2 Å². The van der Waals surface area contributed by atoms with Crippen molar-refractivity contribution in [3.8, 4) is 5.75 Å². The molecular formula is C18H14ClF3N2OS. The summed E-state index contributed by atoms with van der Waals surface area (Å²) < 4.78 is 46.7. The molecule has 2 aliphatic rings. The SMILES string of the molecule is C[C@@]12C[C@@H](NC(=S)N1c1ccccc1C(F)(F)F)c1cccc(Cl)c1O2. The first-order valence-corrected chi connectivity index (χ1v) is 8.74. The third-order valence-electron chi connectivity index (χ3n) is 4.70. The third kappa shape index (κ3) is 2.61. The molecule has 2 heterocycles. The summed E-state index contributed by atoms with van der Waals surface area (Å²) in [5.74, 6) is 0.470. The van der Waals surface area contributed by atoms with Crippen molar-refractivity contribution in [1.82, 2.24) is 5.32 Å². The normalized spacial score (nSPS) is 24.6. The highest BCUT2D eigenvalue weighted by molar-refractivity contribution is 7.80. The molecule has 2 aromatic rings. The number of rotatable bonds is 1. The van der Waals surface area contributed by atoms with Gasteiger partial charge in [-0.3, -0.25) is 4.90 Å². The Morgan fingerprint density at radius 3 is 2.69 bits per heavy atom. The average molecular weight is 399 g/mol. The van der Waals surface area contributed by atoms with E-state index in [-0.39, 0.29) is 16.8 Å². The topological polar surface area (TPSA) is 24.5 Å². The maximum absolute atomic E-state index is 13.5. The van der Waals surface area contributed by atoms with Crippen LogP contribution in [0.1, 0.15) is 30.5 Å². The summed E-state index contributed by atoms with van der Waals surface area (Å²) in [5, 5.41) is 3.74. The van der Waals surface area contributed by atoms with E-state index in [9.17, 15) is 13.2 Å². The van der Waals surface area contributed by atoms with E-state index in [1.807, 2.05) is 12.1 Å². The highest BCUT2D eigenvalue weighted by Gasteiger charge is 2.50. The molecule has 2 atom stereocenters. The number of nitrogens with one attached hydrogen (secondary N) is 1. The van der Waals surface area contributed by atoms with Crippen molar-refractivity contribution in [2.75, 3.05) is 4.90 Å². The number of para-hydroxylation sites is 2. The first kappa shape index (κ1) is 17.4. The van der Waals surface area contributed by atoms with Gasteiger partial charge in [-0.1, -0.05) is 35.9 Å². The fraction of sp³-hybridized carbons (Fsp3) is 0.278. The monoisotopic (exact) mass is 398 g/mol. The average Bonchev–Trinajstić information content (AvgIpc) is 2.55. The summed E-state index contributed by atoms with van der Waals surface area (Å²) in [5.41, 5.74) is -1.06. The molecule has 0 amide bonds. The molecule has 2 aromatic carbocycles. The van der Waals surface area contributed by atoms with Crippen LogP contribution in [-0.2, 0) is 6.18 Å². The molecule has 8 heteroatoms. The third-order valence-corrected chi connectivity index (χ3v) is 5.30. The number of thiocarbonyl (C=S) groups is 1. The van der Waals surface area contributed by atoms with Crippen LogP contribution >= 0.6 is 23.8 Å². The molecule has 0 aliphatic carbocycles. The van der Waals surface area contributed by atoms with Crippen molar-refractivity contribution >= 4 is 34.6 Å². The number of hydrogen-bond donors (Lipinski definition) is 1. The number of nitrogens with zero attached hydrogens (tertiary/aromatic N) is 1. The summed E-state index contributed by atoms with van der Waals surface area (Å²) in [6.07, 6.45) is -4.09. The number of hydrogen-bond acceptors (Lipinski definition) is 2. The molecule has 136 valence electrons. The van der Waals surface area contributed by atoms with Crippen molar-refractivity contribution in [3.05, 3.63) is 58.6 Å². The lowest BCUT2D eigenvalue weighted by molar-refractivity contribution is -0.137. The zero-order chi connectivity index (χ0) is 18.7. The zero-order valence-corrected chi connectivity index (χ0v) is 15.2. The molecule has 26 heavy (non-hydrogen) atoms. The quantitative estimate of drug-likeness (QED) is 0.659. The number of alkyl halides is 3. The van der Waals surface area contributed by atoms with Crippen LogP contribution in [0.4, 0.5) is 18.9 Å². The second-order valence-electron chi connectivity index (χ2n) is 6.49. The second kappa shape index (κ2) is 5.76. The smallest absolute Gasteiger partial charge is 0.418 e. The summed E-state index contributed by atoms with van der Waals surface area (Å²) >= 11 is 11.7. The van der Waals surface area contributed by atoms with Crippen molar-refractivity contribution in [2.45, 2.75) is 31.3 Å². The summed E-state index contributed by atoms with van der Waals surface area (Å²) in [4.78, 5) is 1.40. The van der Waals surface area contributed by atoms with Crippen LogP contribution in [0.5, 0.6) is 5.75 Å². The van der Waals surface area contributed by atoms with Gasteiger partial charge in [0.2, 0.25) is 0 Å². The van der Waals surface area contributed by atoms with Crippen LogP contribution < -0.4 is 15.0 Å². The lowest BCUT2D eigenvalue weighted by Crippen LogP contribution is -2.65.